The van der Waals surface area contributed by atoms with Crippen molar-refractivity contribution in [3.63, 3.8) is 0 Å². The van der Waals surface area contributed by atoms with Crippen LogP contribution in [0.1, 0.15) is 32.8 Å². The van der Waals surface area contributed by atoms with Crippen molar-refractivity contribution >= 4 is 34.9 Å². The Kier molecular flexibility index (Phi) is 7.33. The van der Waals surface area contributed by atoms with Crippen molar-refractivity contribution in [1.29, 1.82) is 10.5 Å². The highest BCUT2D eigenvalue weighted by molar-refractivity contribution is 7.98. The van der Waals surface area contributed by atoms with Gasteiger partial charge in [0.25, 0.3) is 0 Å². The molecule has 1 fully saturated rings. The van der Waals surface area contributed by atoms with Crippen molar-refractivity contribution in [2.45, 2.75) is 23.3 Å². The molecule has 2 N–H and O–H groups in total. The minimum absolute atomic E-state index is 0.0200. The van der Waals surface area contributed by atoms with Gasteiger partial charge in [0.05, 0.1) is 25.9 Å². The summed E-state index contributed by atoms with van der Waals surface area (Å²) in [7, 11) is 1.34. The van der Waals surface area contributed by atoms with Crippen molar-refractivity contribution in [1.82, 2.24) is 4.98 Å². The van der Waals surface area contributed by atoms with Crippen LogP contribution in [0.3, 0.4) is 0 Å². The van der Waals surface area contributed by atoms with E-state index in [0.717, 1.165) is 12.0 Å². The van der Waals surface area contributed by atoms with Gasteiger partial charge in [0, 0.05) is 17.7 Å². The number of anilines is 1. The van der Waals surface area contributed by atoms with E-state index >= 15 is 0 Å². The van der Waals surface area contributed by atoms with Crippen molar-refractivity contribution in [2.75, 3.05) is 26.1 Å². The van der Waals surface area contributed by atoms with Gasteiger partial charge in [-0.15, -0.1) is 23.1 Å². The third-order valence-electron chi connectivity index (χ3n) is 5.17. The van der Waals surface area contributed by atoms with Gasteiger partial charge in [-0.05, 0) is 34.7 Å². The van der Waals surface area contributed by atoms with Crippen LogP contribution in [0.5, 0.6) is 5.75 Å². The molecular weight excluding hydrogens is 472 g/mol. The van der Waals surface area contributed by atoms with Gasteiger partial charge >= 0.3 is 5.97 Å². The maximum absolute atomic E-state index is 11.7. The second-order valence-electron chi connectivity index (χ2n) is 7.38. The summed E-state index contributed by atoms with van der Waals surface area (Å²) in [6.07, 6.45) is 0.859. The maximum atomic E-state index is 11.7. The number of nitrogens with zero attached hydrogens (tertiary/aromatic N) is 3. The van der Waals surface area contributed by atoms with Gasteiger partial charge in [-0.25, -0.2) is 9.78 Å². The summed E-state index contributed by atoms with van der Waals surface area (Å²) in [5.41, 5.74) is 8.54. The average Bonchev–Trinajstić information content (AvgIpc) is 3.54. The number of nitrogen functional groups attached to an aromatic ring is 1. The smallest absolute Gasteiger partial charge is 0.348 e. The fourth-order valence-corrected chi connectivity index (χ4v) is 5.36. The number of thiophene rings is 1. The monoisotopic (exact) mass is 492 g/mol. The number of ether oxygens (including phenoxy) is 3. The third-order valence-corrected chi connectivity index (χ3v) is 7.17. The molecule has 1 unspecified atom stereocenters. The molecule has 1 aliphatic rings. The summed E-state index contributed by atoms with van der Waals surface area (Å²) in [6.45, 7) is 1.25. The SMILES string of the molecule is COC(=O)c1cc(CSc2nc(N)c(C#N)c(-c3ccc(OC4CCOC4)cc3)c2C#N)cs1. The first-order valence-corrected chi connectivity index (χ1v) is 12.2. The number of carbonyl (C=O) groups excluding carboxylic acids is 1. The Labute approximate surface area is 204 Å². The van der Waals surface area contributed by atoms with Crippen LogP contribution in [0.2, 0.25) is 0 Å². The number of carbonyl (C=O) groups is 1. The Morgan fingerprint density at radius 2 is 2.06 bits per heavy atom. The number of hydrogen-bond donors (Lipinski definition) is 1. The molecule has 1 aliphatic heterocycles. The molecule has 0 spiro atoms. The highest BCUT2D eigenvalue weighted by Crippen LogP contribution is 2.37. The van der Waals surface area contributed by atoms with Crippen LogP contribution in [0.4, 0.5) is 5.82 Å². The topological polar surface area (TPSA) is 131 Å². The van der Waals surface area contributed by atoms with Crippen molar-refractivity contribution in [3.05, 3.63) is 57.3 Å². The molecule has 1 aromatic carbocycles. The van der Waals surface area contributed by atoms with Gasteiger partial charge in [-0.1, -0.05) is 12.1 Å². The van der Waals surface area contributed by atoms with Gasteiger partial charge in [0.15, 0.2) is 0 Å². The van der Waals surface area contributed by atoms with Gasteiger partial charge in [0.2, 0.25) is 0 Å². The highest BCUT2D eigenvalue weighted by atomic mass is 32.2. The minimum atomic E-state index is -0.394. The van der Waals surface area contributed by atoms with E-state index < -0.39 is 5.97 Å². The van der Waals surface area contributed by atoms with Gasteiger partial charge < -0.3 is 19.9 Å². The van der Waals surface area contributed by atoms with Gasteiger partial charge in [-0.2, -0.15) is 10.5 Å². The Morgan fingerprint density at radius 3 is 2.71 bits per heavy atom. The zero-order valence-electron chi connectivity index (χ0n) is 18.2. The van der Waals surface area contributed by atoms with E-state index in [1.54, 1.807) is 30.3 Å². The zero-order chi connectivity index (χ0) is 24.1. The Morgan fingerprint density at radius 1 is 1.29 bits per heavy atom. The summed E-state index contributed by atoms with van der Waals surface area (Å²) >= 11 is 2.61. The number of esters is 1. The molecule has 172 valence electrons. The van der Waals surface area contributed by atoms with E-state index in [1.807, 2.05) is 5.38 Å². The molecule has 0 bridgehead atoms. The molecule has 3 aromatic rings. The lowest BCUT2D eigenvalue weighted by atomic mass is 9.97. The number of thioether (sulfide) groups is 1. The molecule has 2 aromatic heterocycles. The summed E-state index contributed by atoms with van der Waals surface area (Å²) in [5, 5.41) is 22.0. The van der Waals surface area contributed by atoms with E-state index in [2.05, 4.69) is 17.1 Å². The third kappa shape index (κ3) is 5.00. The highest BCUT2D eigenvalue weighted by Gasteiger charge is 2.22. The molecule has 0 amide bonds. The number of nitriles is 2. The van der Waals surface area contributed by atoms with Gasteiger partial charge in [-0.3, -0.25) is 0 Å². The summed E-state index contributed by atoms with van der Waals surface area (Å²) in [5.74, 6) is 0.820. The average molecular weight is 493 g/mol. The van der Waals surface area contributed by atoms with Gasteiger partial charge in [0.1, 0.15) is 45.3 Å². The zero-order valence-corrected chi connectivity index (χ0v) is 19.9. The van der Waals surface area contributed by atoms with Crippen molar-refractivity contribution in [2.24, 2.45) is 0 Å². The van der Waals surface area contributed by atoms with E-state index in [1.165, 1.54) is 30.2 Å². The fraction of sp³-hybridized carbons (Fsp3) is 0.250. The number of methoxy groups -OCH3 is 1. The second-order valence-corrected chi connectivity index (χ2v) is 9.25. The van der Waals surface area contributed by atoms with Crippen LogP contribution in [0.25, 0.3) is 11.1 Å². The first kappa shape index (κ1) is 23.6. The first-order chi connectivity index (χ1) is 16.5. The van der Waals surface area contributed by atoms with Crippen molar-refractivity contribution < 1.29 is 19.0 Å². The summed E-state index contributed by atoms with van der Waals surface area (Å²) in [4.78, 5) is 16.5. The first-order valence-electron chi connectivity index (χ1n) is 10.3. The van der Waals surface area contributed by atoms with Crippen LogP contribution in [0.15, 0.2) is 40.7 Å². The Hall–Kier alpha value is -3.57. The molecule has 1 saturated heterocycles. The fourth-order valence-electron chi connectivity index (χ4n) is 3.50. The largest absolute Gasteiger partial charge is 0.488 e. The standard InChI is InChI=1S/C24H20N4O4S2/c1-30-24(29)20-8-14(12-33-20)13-34-23-19(10-26)21(18(9-25)22(27)28-23)15-2-4-16(5-3-15)32-17-6-7-31-11-17/h2-5,8,12,17H,6-7,11,13H2,1H3,(H2,27,28). The molecule has 0 saturated carbocycles. The van der Waals surface area contributed by atoms with Crippen LogP contribution in [-0.2, 0) is 15.2 Å². The quantitative estimate of drug-likeness (QED) is 0.377. The molecule has 0 aliphatic carbocycles. The number of aromatic nitrogens is 1. The van der Waals surface area contributed by atoms with E-state index in [4.69, 9.17) is 19.9 Å². The second kappa shape index (κ2) is 10.6. The normalized spacial score (nSPS) is 14.9. The van der Waals surface area contributed by atoms with Crippen LogP contribution in [0, 0.1) is 22.7 Å². The number of pyridine rings is 1. The number of benzene rings is 1. The lowest BCUT2D eigenvalue weighted by Gasteiger charge is -2.15. The predicted molar refractivity (Wildman–Crippen MR) is 129 cm³/mol. The Bertz CT molecular complexity index is 1290. The van der Waals surface area contributed by atoms with Crippen LogP contribution < -0.4 is 10.5 Å². The van der Waals surface area contributed by atoms with E-state index in [9.17, 15) is 15.3 Å². The summed E-state index contributed by atoms with van der Waals surface area (Å²) in [6, 6.07) is 13.2. The van der Waals surface area contributed by atoms with Crippen LogP contribution in [-0.4, -0.2) is 37.4 Å². The summed E-state index contributed by atoms with van der Waals surface area (Å²) < 4.78 is 16.0. The maximum Gasteiger partial charge on any atom is 0.348 e. The molecule has 10 heteroatoms. The molecule has 0 radical (unpaired) electrons. The molecular formula is C24H20N4O4S2. The minimum Gasteiger partial charge on any atom is -0.488 e. The number of hydrogen-bond acceptors (Lipinski definition) is 10. The number of nitrogens with two attached hydrogens (primary N) is 1. The van der Waals surface area contributed by atoms with Crippen LogP contribution >= 0.6 is 23.1 Å². The predicted octanol–water partition coefficient (Wildman–Crippen LogP) is 4.38. The number of rotatable bonds is 7. The molecule has 4 rings (SSSR count). The molecule has 1 atom stereocenters. The molecule has 34 heavy (non-hydrogen) atoms. The lowest BCUT2D eigenvalue weighted by Crippen LogP contribution is -2.15. The van der Waals surface area contributed by atoms with E-state index in [0.29, 0.717) is 45.7 Å². The van der Waals surface area contributed by atoms with Crippen molar-refractivity contribution in [3.8, 4) is 29.0 Å². The molecule has 8 nitrogen and oxygen atoms in total. The van der Waals surface area contributed by atoms with E-state index in [-0.39, 0.29) is 23.0 Å². The molecule has 3 heterocycles. The Balaban J connectivity index is 1.63. The lowest BCUT2D eigenvalue weighted by molar-refractivity contribution is 0.0606.